The zero-order chi connectivity index (χ0) is 26.6. The molecule has 1 N–H and O–H groups in total. The number of imidazole rings is 1. The molecule has 0 unspecified atom stereocenters. The minimum atomic E-state index is -0.964. The van der Waals surface area contributed by atoms with Crippen LogP contribution in [-0.2, 0) is 16.0 Å². The molecule has 0 radical (unpaired) electrons. The summed E-state index contributed by atoms with van der Waals surface area (Å²) in [6.45, 7) is 4.18. The lowest BCUT2D eigenvalue weighted by molar-refractivity contribution is -0.153. The van der Waals surface area contributed by atoms with E-state index in [-0.39, 0.29) is 17.5 Å². The number of carbonyl (C=O) groups is 2. The van der Waals surface area contributed by atoms with E-state index < -0.39 is 12.1 Å². The Morgan fingerprint density at radius 1 is 1.03 bits per heavy atom. The summed E-state index contributed by atoms with van der Waals surface area (Å²) in [5.74, 6) is -1.20. The smallest absolute Gasteiger partial charge is 0.336 e. The molecule has 1 fully saturated rings. The van der Waals surface area contributed by atoms with Crippen molar-refractivity contribution in [3.8, 4) is 11.1 Å². The molecule has 4 aromatic rings. The second-order valence-electron chi connectivity index (χ2n) is 10.2. The summed E-state index contributed by atoms with van der Waals surface area (Å²) in [6, 6.07) is 18.7. The van der Waals surface area contributed by atoms with Crippen LogP contribution in [0.3, 0.4) is 0 Å². The second-order valence-corrected chi connectivity index (χ2v) is 10.2. The van der Waals surface area contributed by atoms with Gasteiger partial charge in [0.1, 0.15) is 5.65 Å². The van der Waals surface area contributed by atoms with Gasteiger partial charge in [-0.25, -0.2) is 9.78 Å². The maximum Gasteiger partial charge on any atom is 0.336 e. The number of nitrogens with zero attached hydrogens (tertiary/aromatic N) is 2. The Hall–Kier alpha value is -3.93. The van der Waals surface area contributed by atoms with Crippen LogP contribution in [0.5, 0.6) is 0 Å². The standard InChI is InChI=1S/C32H34N2O4/c1-3-9-25-20-34-28(19-14-21(2)30(34)33-25)29(38-32(37)24-10-5-4-6-11-24)23-17-15-22(16-18-23)26-12-7-8-13-27(26)31(35)36/h7-8,12-20,24,29H,3-6,9-11H2,1-2H3,(H,35,36)/t29-/m1/s1. The number of esters is 1. The number of aromatic carboxylic acids is 1. The first-order chi connectivity index (χ1) is 18.5. The minimum Gasteiger partial charge on any atom is -0.478 e. The fraction of sp³-hybridized carbons (Fsp3) is 0.344. The predicted octanol–water partition coefficient (Wildman–Crippen LogP) is 7.17. The lowest BCUT2D eigenvalue weighted by atomic mass is 9.89. The maximum atomic E-state index is 13.4. The number of fused-ring (bicyclic) bond motifs is 1. The highest BCUT2D eigenvalue weighted by atomic mass is 16.5. The zero-order valence-electron chi connectivity index (χ0n) is 22.0. The van der Waals surface area contributed by atoms with Crippen molar-refractivity contribution < 1.29 is 19.4 Å². The van der Waals surface area contributed by atoms with Crippen molar-refractivity contribution in [1.29, 1.82) is 0 Å². The summed E-state index contributed by atoms with van der Waals surface area (Å²) in [5, 5.41) is 9.64. The van der Waals surface area contributed by atoms with Crippen LogP contribution in [0.2, 0.25) is 0 Å². The first-order valence-electron chi connectivity index (χ1n) is 13.6. The molecular weight excluding hydrogens is 476 g/mol. The number of pyridine rings is 1. The summed E-state index contributed by atoms with van der Waals surface area (Å²) < 4.78 is 8.37. The molecule has 38 heavy (non-hydrogen) atoms. The average Bonchev–Trinajstić information content (AvgIpc) is 3.38. The zero-order valence-corrected chi connectivity index (χ0v) is 22.0. The van der Waals surface area contributed by atoms with E-state index in [4.69, 9.17) is 9.72 Å². The first kappa shape index (κ1) is 25.7. The highest BCUT2D eigenvalue weighted by Crippen LogP contribution is 2.34. The van der Waals surface area contributed by atoms with Crippen LogP contribution in [0.25, 0.3) is 16.8 Å². The van der Waals surface area contributed by atoms with E-state index in [2.05, 4.69) is 17.5 Å². The van der Waals surface area contributed by atoms with Crippen LogP contribution in [0, 0.1) is 12.8 Å². The Morgan fingerprint density at radius 2 is 1.76 bits per heavy atom. The summed E-state index contributed by atoms with van der Waals surface area (Å²) in [4.78, 5) is 30.0. The third-order valence-electron chi connectivity index (χ3n) is 7.52. The second kappa shape index (κ2) is 11.2. The number of carboxylic acids is 1. The van der Waals surface area contributed by atoms with Crippen molar-refractivity contribution in [2.24, 2.45) is 5.92 Å². The van der Waals surface area contributed by atoms with Crippen LogP contribution in [0.4, 0.5) is 0 Å². The number of carboxylic acid groups (broad SMARTS) is 1. The van der Waals surface area contributed by atoms with E-state index in [1.54, 1.807) is 12.1 Å². The van der Waals surface area contributed by atoms with E-state index in [9.17, 15) is 14.7 Å². The third-order valence-corrected chi connectivity index (χ3v) is 7.52. The highest BCUT2D eigenvalue weighted by Gasteiger charge is 2.28. The van der Waals surface area contributed by atoms with Gasteiger partial charge in [0.2, 0.25) is 0 Å². The van der Waals surface area contributed by atoms with Gasteiger partial charge in [0, 0.05) is 6.20 Å². The maximum absolute atomic E-state index is 13.4. The number of ether oxygens (including phenoxy) is 1. The molecule has 0 saturated heterocycles. The molecule has 6 nitrogen and oxygen atoms in total. The van der Waals surface area contributed by atoms with E-state index in [1.165, 1.54) is 6.42 Å². The van der Waals surface area contributed by atoms with Crippen molar-refractivity contribution in [3.05, 3.63) is 94.9 Å². The summed E-state index contributed by atoms with van der Waals surface area (Å²) in [6.07, 6.45) is 8.33. The van der Waals surface area contributed by atoms with Crippen LogP contribution in [0.1, 0.15) is 84.4 Å². The molecule has 1 saturated carbocycles. The van der Waals surface area contributed by atoms with Crippen LogP contribution in [-0.4, -0.2) is 26.4 Å². The van der Waals surface area contributed by atoms with Crippen molar-refractivity contribution in [1.82, 2.24) is 9.38 Å². The quantitative estimate of drug-likeness (QED) is 0.254. The fourth-order valence-corrected chi connectivity index (χ4v) is 5.47. The third kappa shape index (κ3) is 5.21. The Bertz CT molecular complexity index is 1450. The molecule has 0 amide bonds. The van der Waals surface area contributed by atoms with E-state index in [0.29, 0.717) is 5.56 Å². The van der Waals surface area contributed by atoms with Crippen LogP contribution in [0.15, 0.2) is 66.9 Å². The topological polar surface area (TPSA) is 80.9 Å². The van der Waals surface area contributed by atoms with Gasteiger partial charge in [0.15, 0.2) is 6.10 Å². The van der Waals surface area contributed by atoms with Gasteiger partial charge in [-0.15, -0.1) is 0 Å². The highest BCUT2D eigenvalue weighted by molar-refractivity contribution is 5.96. The monoisotopic (exact) mass is 510 g/mol. The first-order valence-corrected chi connectivity index (χ1v) is 13.6. The van der Waals surface area contributed by atoms with Gasteiger partial charge in [-0.2, -0.15) is 0 Å². The summed E-state index contributed by atoms with van der Waals surface area (Å²) in [5.41, 5.74) is 6.34. The van der Waals surface area contributed by atoms with Gasteiger partial charge in [-0.3, -0.25) is 9.20 Å². The lowest BCUT2D eigenvalue weighted by Crippen LogP contribution is -2.24. The molecule has 2 heterocycles. The molecule has 5 rings (SSSR count). The SMILES string of the molecule is CCCc1cn2c([C@H](OC(=O)C3CCCCC3)c3ccc(-c4ccccc4C(=O)O)cc3)ccc(C)c2n1. The lowest BCUT2D eigenvalue weighted by Gasteiger charge is -2.25. The number of hydrogen-bond donors (Lipinski definition) is 1. The Morgan fingerprint density at radius 3 is 2.47 bits per heavy atom. The van der Waals surface area contributed by atoms with Crippen LogP contribution >= 0.6 is 0 Å². The molecule has 2 aromatic carbocycles. The number of benzene rings is 2. The number of rotatable bonds is 8. The van der Waals surface area contributed by atoms with Crippen molar-refractivity contribution in [2.45, 2.75) is 64.9 Å². The van der Waals surface area contributed by atoms with E-state index >= 15 is 0 Å². The van der Waals surface area contributed by atoms with E-state index in [1.807, 2.05) is 55.5 Å². The largest absolute Gasteiger partial charge is 0.478 e. The average molecular weight is 511 g/mol. The molecule has 1 aliphatic carbocycles. The van der Waals surface area contributed by atoms with E-state index in [0.717, 1.165) is 72.3 Å². The molecule has 196 valence electrons. The molecule has 1 atom stereocenters. The van der Waals surface area contributed by atoms with Gasteiger partial charge >= 0.3 is 11.9 Å². The van der Waals surface area contributed by atoms with Crippen LogP contribution < -0.4 is 0 Å². The van der Waals surface area contributed by atoms with Crippen molar-refractivity contribution >= 4 is 17.6 Å². The van der Waals surface area contributed by atoms with Crippen molar-refractivity contribution in [2.75, 3.05) is 0 Å². The molecular formula is C32H34N2O4. The predicted molar refractivity (Wildman–Crippen MR) is 147 cm³/mol. The van der Waals surface area contributed by atoms with Crippen molar-refractivity contribution in [3.63, 3.8) is 0 Å². The molecule has 2 aromatic heterocycles. The van der Waals surface area contributed by atoms with Gasteiger partial charge in [-0.05, 0) is 60.6 Å². The summed E-state index contributed by atoms with van der Waals surface area (Å²) >= 11 is 0. The van der Waals surface area contributed by atoms with Gasteiger partial charge in [0.25, 0.3) is 0 Å². The van der Waals surface area contributed by atoms with Gasteiger partial charge < -0.3 is 9.84 Å². The number of carbonyl (C=O) groups excluding carboxylic acids is 1. The van der Waals surface area contributed by atoms with Gasteiger partial charge in [0.05, 0.1) is 22.9 Å². The Balaban J connectivity index is 1.56. The van der Waals surface area contributed by atoms with Gasteiger partial charge in [-0.1, -0.05) is 81.1 Å². The normalized spacial score (nSPS) is 14.9. The minimum absolute atomic E-state index is 0.0765. The molecule has 0 spiro atoms. The molecule has 1 aliphatic rings. The number of aromatic nitrogens is 2. The summed E-state index contributed by atoms with van der Waals surface area (Å²) in [7, 11) is 0. The Labute approximate surface area is 223 Å². The number of aryl methyl sites for hydroxylation is 2. The Kier molecular flexibility index (Phi) is 7.59. The fourth-order valence-electron chi connectivity index (χ4n) is 5.47. The molecule has 0 bridgehead atoms. The molecule has 0 aliphatic heterocycles. The number of hydrogen-bond acceptors (Lipinski definition) is 4. The molecule has 6 heteroatoms.